The monoisotopic (exact) mass is 494 g/mol. The van der Waals surface area contributed by atoms with Crippen LogP contribution in [-0.2, 0) is 6.54 Å². The van der Waals surface area contributed by atoms with Gasteiger partial charge in [0.2, 0.25) is 0 Å². The molecule has 1 N–H and O–H groups in total. The molecule has 0 aliphatic carbocycles. The van der Waals surface area contributed by atoms with Gasteiger partial charge in [0.15, 0.2) is 11.7 Å². The van der Waals surface area contributed by atoms with Gasteiger partial charge in [-0.15, -0.1) is 0 Å². The molecule has 1 aliphatic rings. The van der Waals surface area contributed by atoms with Crippen LogP contribution in [0, 0.1) is 6.92 Å². The molecule has 1 amide bonds. The van der Waals surface area contributed by atoms with Gasteiger partial charge in [-0.25, -0.2) is 9.36 Å². The number of carbonyl (C=O) groups excluding carboxylic acids is 1. The van der Waals surface area contributed by atoms with E-state index in [4.69, 9.17) is 0 Å². The number of alkyl halides is 3. The van der Waals surface area contributed by atoms with Crippen molar-refractivity contribution in [3.05, 3.63) is 95.4 Å². The van der Waals surface area contributed by atoms with Crippen LogP contribution >= 0.6 is 0 Å². The number of aromatic nitrogens is 4. The van der Waals surface area contributed by atoms with E-state index in [1.165, 1.54) is 11.0 Å². The number of rotatable bonds is 5. The van der Waals surface area contributed by atoms with Crippen molar-refractivity contribution in [3.63, 3.8) is 0 Å². The van der Waals surface area contributed by atoms with E-state index in [0.29, 0.717) is 0 Å². The van der Waals surface area contributed by atoms with Crippen molar-refractivity contribution >= 4 is 11.7 Å². The highest BCUT2D eigenvalue weighted by Gasteiger charge is 2.46. The Morgan fingerprint density at radius 3 is 2.50 bits per heavy atom. The highest BCUT2D eigenvalue weighted by molar-refractivity contribution is 5.93. The average Bonchev–Trinajstić information content (AvgIpc) is 3.53. The number of aryl methyl sites for hydroxylation is 1. The minimum atomic E-state index is -4.51. The highest BCUT2D eigenvalue weighted by Crippen LogP contribution is 2.43. The van der Waals surface area contributed by atoms with Gasteiger partial charge < -0.3 is 10.2 Å². The molecule has 0 bridgehead atoms. The van der Waals surface area contributed by atoms with Crippen molar-refractivity contribution in [2.45, 2.75) is 38.1 Å². The summed E-state index contributed by atoms with van der Waals surface area (Å²) >= 11 is 0. The minimum Gasteiger partial charge on any atom is -0.363 e. The number of nitrogens with zero attached hydrogens (tertiary/aromatic N) is 5. The van der Waals surface area contributed by atoms with Crippen LogP contribution in [0.4, 0.5) is 19.0 Å². The van der Waals surface area contributed by atoms with E-state index in [1.807, 2.05) is 67.7 Å². The first kappa shape index (κ1) is 23.7. The van der Waals surface area contributed by atoms with Gasteiger partial charge in [-0.05, 0) is 36.2 Å². The molecule has 0 saturated heterocycles. The third kappa shape index (κ3) is 4.71. The van der Waals surface area contributed by atoms with E-state index < -0.39 is 24.2 Å². The smallest absolute Gasteiger partial charge is 0.363 e. The Hall–Kier alpha value is -4.08. The molecule has 3 heterocycles. The maximum Gasteiger partial charge on any atom is 0.410 e. The van der Waals surface area contributed by atoms with Crippen LogP contribution in [0.3, 0.4) is 0 Å². The molecule has 0 spiro atoms. The summed E-state index contributed by atoms with van der Waals surface area (Å²) in [6, 6.07) is 15.8. The van der Waals surface area contributed by atoms with Crippen LogP contribution < -0.4 is 5.32 Å². The lowest BCUT2D eigenvalue weighted by Crippen LogP contribution is -2.35. The Morgan fingerprint density at radius 1 is 1.14 bits per heavy atom. The zero-order chi connectivity index (χ0) is 25.4. The first-order valence-corrected chi connectivity index (χ1v) is 11.5. The largest absolute Gasteiger partial charge is 0.410 e. The van der Waals surface area contributed by atoms with E-state index in [1.54, 1.807) is 17.9 Å². The second kappa shape index (κ2) is 9.18. The van der Waals surface area contributed by atoms with Crippen molar-refractivity contribution in [2.24, 2.45) is 0 Å². The highest BCUT2D eigenvalue weighted by atomic mass is 19.4. The summed E-state index contributed by atoms with van der Waals surface area (Å²) in [5.41, 5.74) is 3.50. The number of benzene rings is 2. The molecule has 2 atom stereocenters. The van der Waals surface area contributed by atoms with Gasteiger partial charge in [-0.2, -0.15) is 23.4 Å². The maximum atomic E-state index is 14.0. The standard InChI is InChI=1S/C26H25F3N6O/c1-17-4-8-19(9-5-17)21-14-23(26(27,28)29)35-24(31-21)15-22(32-35)25(36)33(2)16-18-6-10-20(11-7-18)34-13-3-12-30-34/h3-13,15,21,23,31H,14,16H2,1-2H3/t21-,23+/m0/s1. The molecule has 36 heavy (non-hydrogen) atoms. The van der Waals surface area contributed by atoms with E-state index in [9.17, 15) is 18.0 Å². The van der Waals surface area contributed by atoms with Crippen molar-refractivity contribution < 1.29 is 18.0 Å². The number of amides is 1. The molecule has 1 aliphatic heterocycles. The fraction of sp³-hybridized carbons (Fsp3) is 0.269. The normalized spacial score (nSPS) is 17.4. The lowest BCUT2D eigenvalue weighted by atomic mass is 9.96. The zero-order valence-electron chi connectivity index (χ0n) is 19.8. The summed E-state index contributed by atoms with van der Waals surface area (Å²) in [5.74, 6) is -0.280. The van der Waals surface area contributed by atoms with Crippen molar-refractivity contribution in [1.82, 2.24) is 24.5 Å². The van der Waals surface area contributed by atoms with Crippen LogP contribution in [0.15, 0.2) is 73.1 Å². The van der Waals surface area contributed by atoms with Crippen molar-refractivity contribution in [2.75, 3.05) is 12.4 Å². The van der Waals surface area contributed by atoms with Gasteiger partial charge in [-0.3, -0.25) is 4.79 Å². The van der Waals surface area contributed by atoms with Crippen LogP contribution in [0.25, 0.3) is 5.69 Å². The summed E-state index contributed by atoms with van der Waals surface area (Å²) < 4.78 is 44.5. The van der Waals surface area contributed by atoms with Gasteiger partial charge in [0.25, 0.3) is 5.91 Å². The predicted molar refractivity (Wildman–Crippen MR) is 129 cm³/mol. The van der Waals surface area contributed by atoms with Gasteiger partial charge in [0, 0.05) is 38.5 Å². The lowest BCUT2D eigenvalue weighted by molar-refractivity contribution is -0.173. The molecule has 2 aromatic heterocycles. The van der Waals surface area contributed by atoms with Gasteiger partial charge in [0.05, 0.1) is 11.7 Å². The molecule has 2 aromatic carbocycles. The molecule has 5 rings (SSSR count). The number of fused-ring (bicyclic) bond motifs is 1. The minimum absolute atomic E-state index is 0.0352. The second-order valence-electron chi connectivity index (χ2n) is 9.04. The Balaban J connectivity index is 1.35. The van der Waals surface area contributed by atoms with E-state index in [2.05, 4.69) is 15.5 Å². The van der Waals surface area contributed by atoms with E-state index >= 15 is 0 Å². The predicted octanol–water partition coefficient (Wildman–Crippen LogP) is 5.31. The molecule has 10 heteroatoms. The molecule has 0 unspecified atom stereocenters. The Labute approximate surface area is 206 Å². The number of halogens is 3. The quantitative estimate of drug-likeness (QED) is 0.408. The third-order valence-electron chi connectivity index (χ3n) is 6.36. The fourth-order valence-corrected chi connectivity index (χ4v) is 4.41. The van der Waals surface area contributed by atoms with Gasteiger partial charge in [0.1, 0.15) is 5.82 Å². The Bertz CT molecular complexity index is 1340. The number of carbonyl (C=O) groups is 1. The van der Waals surface area contributed by atoms with Gasteiger partial charge >= 0.3 is 6.18 Å². The van der Waals surface area contributed by atoms with Crippen LogP contribution in [-0.4, -0.2) is 43.6 Å². The van der Waals surface area contributed by atoms with Gasteiger partial charge in [-0.1, -0.05) is 42.0 Å². The molecule has 0 saturated carbocycles. The van der Waals surface area contributed by atoms with Crippen LogP contribution in [0.5, 0.6) is 0 Å². The summed E-state index contributed by atoms with van der Waals surface area (Å²) in [7, 11) is 1.60. The van der Waals surface area contributed by atoms with Crippen LogP contribution in [0.2, 0.25) is 0 Å². The topological polar surface area (TPSA) is 68.0 Å². The molecular formula is C26H25F3N6O. The lowest BCUT2D eigenvalue weighted by Gasteiger charge is -2.33. The molecular weight excluding hydrogens is 469 g/mol. The maximum absolute atomic E-state index is 14.0. The fourth-order valence-electron chi connectivity index (χ4n) is 4.41. The van der Waals surface area contributed by atoms with E-state index in [-0.39, 0.29) is 24.5 Å². The third-order valence-corrected chi connectivity index (χ3v) is 6.36. The summed E-state index contributed by atoms with van der Waals surface area (Å²) in [6.45, 7) is 2.20. The van der Waals surface area contributed by atoms with E-state index in [0.717, 1.165) is 27.1 Å². The first-order chi connectivity index (χ1) is 17.2. The molecule has 0 radical (unpaired) electrons. The zero-order valence-corrected chi connectivity index (χ0v) is 19.8. The Kier molecular flexibility index (Phi) is 6.03. The SMILES string of the molecule is Cc1ccc([C@@H]2C[C@H](C(F)(F)F)n3nc(C(=O)N(C)Cc4ccc(-n5cccn5)cc4)cc3N2)cc1. The molecule has 0 fully saturated rings. The number of nitrogens with one attached hydrogen (secondary N) is 1. The summed E-state index contributed by atoms with van der Waals surface area (Å²) in [5, 5.41) is 11.4. The number of hydrogen-bond donors (Lipinski definition) is 1. The van der Waals surface area contributed by atoms with Crippen molar-refractivity contribution in [1.29, 1.82) is 0 Å². The average molecular weight is 495 g/mol. The molecule has 186 valence electrons. The molecule has 4 aromatic rings. The van der Waals surface area contributed by atoms with Crippen molar-refractivity contribution in [3.8, 4) is 5.69 Å². The Morgan fingerprint density at radius 2 is 1.86 bits per heavy atom. The summed E-state index contributed by atoms with van der Waals surface area (Å²) in [6.07, 6.45) is -1.20. The summed E-state index contributed by atoms with van der Waals surface area (Å²) in [4.78, 5) is 14.5. The first-order valence-electron chi connectivity index (χ1n) is 11.5. The van der Waals surface area contributed by atoms with Crippen LogP contribution in [0.1, 0.15) is 45.7 Å². The second-order valence-corrected chi connectivity index (χ2v) is 9.04. The number of hydrogen-bond acceptors (Lipinski definition) is 4. The molecule has 7 nitrogen and oxygen atoms in total. The number of anilines is 1.